The number of aryl methyl sites for hydroxylation is 2. The molecule has 0 bridgehead atoms. The Bertz CT molecular complexity index is 947. The van der Waals surface area contributed by atoms with E-state index in [0.29, 0.717) is 30.3 Å². The van der Waals surface area contributed by atoms with E-state index in [1.807, 2.05) is 43.3 Å². The Balaban J connectivity index is 1.45. The predicted molar refractivity (Wildman–Crippen MR) is 106 cm³/mol. The third-order valence-corrected chi connectivity index (χ3v) is 4.17. The van der Waals surface area contributed by atoms with Crippen LogP contribution in [0.5, 0.6) is 0 Å². The second kappa shape index (κ2) is 8.85. The predicted octanol–water partition coefficient (Wildman–Crippen LogP) is 3.39. The molecule has 7 nitrogen and oxygen atoms in total. The van der Waals surface area contributed by atoms with Gasteiger partial charge in [-0.1, -0.05) is 42.0 Å². The highest BCUT2D eigenvalue weighted by Crippen LogP contribution is 2.21. The van der Waals surface area contributed by atoms with Crippen LogP contribution in [0.4, 0.5) is 10.5 Å². The largest absolute Gasteiger partial charge is 0.441 e. The zero-order valence-electron chi connectivity index (χ0n) is 15.6. The van der Waals surface area contributed by atoms with Crippen LogP contribution in [0.15, 0.2) is 59.1 Å². The van der Waals surface area contributed by atoms with Crippen LogP contribution in [0.1, 0.15) is 23.4 Å². The van der Waals surface area contributed by atoms with Crippen molar-refractivity contribution in [3.63, 3.8) is 0 Å². The molecule has 28 heavy (non-hydrogen) atoms. The van der Waals surface area contributed by atoms with Crippen molar-refractivity contribution < 1.29 is 14.0 Å². The van der Waals surface area contributed by atoms with Gasteiger partial charge in [0.05, 0.1) is 6.20 Å². The molecule has 4 N–H and O–H groups in total. The summed E-state index contributed by atoms with van der Waals surface area (Å²) in [6.45, 7) is 2.43. The third-order valence-electron chi connectivity index (χ3n) is 4.17. The lowest BCUT2D eigenvalue weighted by Crippen LogP contribution is -2.23. The fourth-order valence-corrected chi connectivity index (χ4v) is 2.63. The summed E-state index contributed by atoms with van der Waals surface area (Å²) in [7, 11) is 0. The quantitative estimate of drug-likeness (QED) is 0.585. The van der Waals surface area contributed by atoms with E-state index in [4.69, 9.17) is 10.2 Å². The number of primary amides is 1. The van der Waals surface area contributed by atoms with Crippen LogP contribution in [0.3, 0.4) is 0 Å². The van der Waals surface area contributed by atoms with Crippen LogP contribution in [0, 0.1) is 6.92 Å². The molecule has 0 unspecified atom stereocenters. The van der Waals surface area contributed by atoms with Gasteiger partial charge in [0.2, 0.25) is 5.91 Å². The monoisotopic (exact) mass is 378 g/mol. The van der Waals surface area contributed by atoms with E-state index in [9.17, 15) is 9.59 Å². The van der Waals surface area contributed by atoms with E-state index in [-0.39, 0.29) is 12.3 Å². The molecular weight excluding hydrogens is 356 g/mol. The summed E-state index contributed by atoms with van der Waals surface area (Å²) < 4.78 is 5.73. The lowest BCUT2D eigenvalue weighted by molar-refractivity contribution is -0.121. The number of nitrogens with zero attached hydrogens (tertiary/aromatic N) is 1. The fraction of sp³-hybridized carbons (Fsp3) is 0.190. The second-order valence-corrected chi connectivity index (χ2v) is 6.45. The minimum Gasteiger partial charge on any atom is -0.441 e. The molecule has 2 aromatic carbocycles. The first-order valence-electron chi connectivity index (χ1n) is 8.93. The number of carbonyl (C=O) groups is 2. The van der Waals surface area contributed by atoms with Crippen molar-refractivity contribution in [2.75, 3.05) is 5.32 Å². The number of aromatic nitrogens is 1. The van der Waals surface area contributed by atoms with Gasteiger partial charge in [-0.2, -0.15) is 0 Å². The number of nitrogens with two attached hydrogens (primary N) is 1. The van der Waals surface area contributed by atoms with Gasteiger partial charge in [-0.25, -0.2) is 9.78 Å². The average Bonchev–Trinajstić information content (AvgIpc) is 3.15. The summed E-state index contributed by atoms with van der Waals surface area (Å²) in [6.07, 6.45) is 2.40. The number of rotatable bonds is 7. The maximum absolute atomic E-state index is 12.1. The number of hydrogen-bond donors (Lipinski definition) is 3. The van der Waals surface area contributed by atoms with Crippen molar-refractivity contribution in [2.45, 2.75) is 26.3 Å². The Kier molecular flexibility index (Phi) is 6.06. The summed E-state index contributed by atoms with van der Waals surface area (Å²) in [5.74, 6) is 1.14. The number of oxazole rings is 1. The van der Waals surface area contributed by atoms with Crippen LogP contribution in [-0.2, 0) is 17.8 Å². The molecule has 1 heterocycles. The molecule has 0 spiro atoms. The van der Waals surface area contributed by atoms with E-state index >= 15 is 0 Å². The van der Waals surface area contributed by atoms with Gasteiger partial charge in [-0.05, 0) is 24.6 Å². The highest BCUT2D eigenvalue weighted by Gasteiger charge is 2.09. The first-order valence-corrected chi connectivity index (χ1v) is 8.93. The van der Waals surface area contributed by atoms with E-state index < -0.39 is 6.03 Å². The molecule has 0 aliphatic carbocycles. The molecule has 0 atom stereocenters. The first-order chi connectivity index (χ1) is 13.5. The number of urea groups is 1. The van der Waals surface area contributed by atoms with Gasteiger partial charge in [-0.15, -0.1) is 0 Å². The number of carbonyl (C=O) groups excluding carboxylic acids is 2. The summed E-state index contributed by atoms with van der Waals surface area (Å²) in [5, 5.41) is 5.34. The highest BCUT2D eigenvalue weighted by molar-refractivity contribution is 5.87. The minimum absolute atomic E-state index is 0.0885. The number of benzene rings is 2. The van der Waals surface area contributed by atoms with Crippen molar-refractivity contribution in [3.05, 3.63) is 71.7 Å². The normalized spacial score (nSPS) is 10.5. The van der Waals surface area contributed by atoms with Gasteiger partial charge in [0, 0.05) is 30.6 Å². The zero-order chi connectivity index (χ0) is 19.9. The van der Waals surface area contributed by atoms with Gasteiger partial charge < -0.3 is 20.8 Å². The standard InChI is InChI=1S/C21H22N4O3/c1-14-2-6-16(7-3-14)18-13-24-20(28-18)11-10-19(26)23-12-15-4-8-17(9-5-15)25-21(22)27/h2-9,13H,10-12H2,1H3,(H,23,26)(H3,22,25,27). The number of nitrogens with one attached hydrogen (secondary N) is 2. The smallest absolute Gasteiger partial charge is 0.316 e. The van der Waals surface area contributed by atoms with Crippen molar-refractivity contribution in [1.82, 2.24) is 10.3 Å². The second-order valence-electron chi connectivity index (χ2n) is 6.45. The van der Waals surface area contributed by atoms with Crippen LogP contribution < -0.4 is 16.4 Å². The lowest BCUT2D eigenvalue weighted by atomic mass is 10.1. The van der Waals surface area contributed by atoms with Gasteiger partial charge in [0.25, 0.3) is 0 Å². The van der Waals surface area contributed by atoms with Crippen molar-refractivity contribution in [2.24, 2.45) is 5.73 Å². The summed E-state index contributed by atoms with van der Waals surface area (Å²) in [6, 6.07) is 14.5. The maximum atomic E-state index is 12.1. The summed E-state index contributed by atoms with van der Waals surface area (Å²) in [5.41, 5.74) is 8.73. The molecule has 0 aliphatic rings. The number of hydrogen-bond acceptors (Lipinski definition) is 4. The van der Waals surface area contributed by atoms with Crippen LogP contribution in [0.2, 0.25) is 0 Å². The molecule has 0 radical (unpaired) electrons. The Morgan fingerprint density at radius 3 is 2.46 bits per heavy atom. The van der Waals surface area contributed by atoms with Crippen molar-refractivity contribution in [3.8, 4) is 11.3 Å². The molecule has 0 aliphatic heterocycles. The van der Waals surface area contributed by atoms with E-state index in [1.54, 1.807) is 18.3 Å². The number of anilines is 1. The minimum atomic E-state index is -0.613. The van der Waals surface area contributed by atoms with Crippen molar-refractivity contribution in [1.29, 1.82) is 0 Å². The molecule has 3 aromatic rings. The van der Waals surface area contributed by atoms with Crippen molar-refractivity contribution >= 4 is 17.6 Å². The summed E-state index contributed by atoms with van der Waals surface area (Å²) in [4.78, 5) is 27.1. The molecule has 7 heteroatoms. The van der Waals surface area contributed by atoms with Gasteiger partial charge in [0.15, 0.2) is 11.7 Å². The molecule has 0 saturated carbocycles. The van der Waals surface area contributed by atoms with Crippen LogP contribution in [0.25, 0.3) is 11.3 Å². The maximum Gasteiger partial charge on any atom is 0.316 e. The highest BCUT2D eigenvalue weighted by atomic mass is 16.4. The van der Waals surface area contributed by atoms with Gasteiger partial charge in [0.1, 0.15) is 0 Å². The molecule has 3 rings (SSSR count). The van der Waals surface area contributed by atoms with E-state index in [2.05, 4.69) is 15.6 Å². The van der Waals surface area contributed by atoms with Crippen LogP contribution >= 0.6 is 0 Å². The first kappa shape index (κ1) is 19.2. The van der Waals surface area contributed by atoms with E-state index in [1.165, 1.54) is 5.56 Å². The van der Waals surface area contributed by atoms with E-state index in [0.717, 1.165) is 11.1 Å². The molecule has 1 aromatic heterocycles. The molecular formula is C21H22N4O3. The summed E-state index contributed by atoms with van der Waals surface area (Å²) >= 11 is 0. The fourth-order valence-electron chi connectivity index (χ4n) is 2.63. The molecule has 0 fully saturated rings. The average molecular weight is 378 g/mol. The van der Waals surface area contributed by atoms with Gasteiger partial charge >= 0.3 is 6.03 Å². The van der Waals surface area contributed by atoms with Gasteiger partial charge in [-0.3, -0.25) is 4.79 Å². The third kappa shape index (κ3) is 5.44. The molecule has 144 valence electrons. The van der Waals surface area contributed by atoms with Crippen LogP contribution in [-0.4, -0.2) is 16.9 Å². The molecule has 3 amide bonds. The Labute approximate surface area is 163 Å². The Morgan fingerprint density at radius 1 is 1.07 bits per heavy atom. The molecule has 0 saturated heterocycles. The topological polar surface area (TPSA) is 110 Å². The lowest BCUT2D eigenvalue weighted by Gasteiger charge is -2.06. The SMILES string of the molecule is Cc1ccc(-c2cnc(CCC(=O)NCc3ccc(NC(N)=O)cc3)o2)cc1. The zero-order valence-corrected chi connectivity index (χ0v) is 15.6. The Hall–Kier alpha value is -3.61. The number of amides is 3. The Morgan fingerprint density at radius 2 is 1.79 bits per heavy atom.